The van der Waals surface area contributed by atoms with Crippen molar-refractivity contribution in [1.29, 1.82) is 0 Å². The molecule has 0 amide bonds. The molecule has 0 aromatic carbocycles. The Bertz CT molecular complexity index is 427. The van der Waals surface area contributed by atoms with Gasteiger partial charge in [-0.2, -0.15) is 21.6 Å². The Balaban J connectivity index is 5.22. The lowest BCUT2D eigenvalue weighted by Crippen LogP contribution is -2.61. The summed E-state index contributed by atoms with van der Waals surface area (Å²) in [6.45, 7) is 6.25. The van der Waals surface area contributed by atoms with Crippen LogP contribution < -0.4 is 5.73 Å². The van der Waals surface area contributed by atoms with E-state index < -0.39 is 36.4 Å². The standard InChI is InChI=1S/C10H22F3NO6SSi/c1-5-9(14)22(17-6-2,18-7-3)20-8(4)19-21(15,16)10(11,12)13/h8-9H,5-7,14H2,1-4H3. The van der Waals surface area contributed by atoms with Crippen molar-refractivity contribution in [2.24, 2.45) is 5.73 Å². The van der Waals surface area contributed by atoms with Gasteiger partial charge >= 0.3 is 24.4 Å². The Morgan fingerprint density at radius 1 is 1.14 bits per heavy atom. The molecule has 7 nitrogen and oxygen atoms in total. The molecule has 0 heterocycles. The molecular formula is C10H22F3NO6SSi. The molecule has 0 aliphatic rings. The maximum absolute atomic E-state index is 12.3. The van der Waals surface area contributed by atoms with Gasteiger partial charge in [0, 0.05) is 13.2 Å². The molecule has 0 spiro atoms. The minimum atomic E-state index is -5.79. The van der Waals surface area contributed by atoms with E-state index in [-0.39, 0.29) is 13.2 Å². The predicted octanol–water partition coefficient (Wildman–Crippen LogP) is 1.50. The lowest BCUT2D eigenvalue weighted by Gasteiger charge is -2.34. The molecule has 0 fully saturated rings. The molecule has 2 unspecified atom stereocenters. The lowest BCUT2D eigenvalue weighted by atomic mass is 10.5. The fourth-order valence-corrected chi connectivity index (χ4v) is 4.76. The van der Waals surface area contributed by atoms with Crippen LogP contribution in [0.1, 0.15) is 34.1 Å². The Morgan fingerprint density at radius 2 is 1.59 bits per heavy atom. The summed E-state index contributed by atoms with van der Waals surface area (Å²) in [5.74, 6) is 0. The van der Waals surface area contributed by atoms with Gasteiger partial charge < -0.3 is 19.0 Å². The summed E-state index contributed by atoms with van der Waals surface area (Å²) in [5.41, 5.74) is -0.391. The largest absolute Gasteiger partial charge is 0.523 e. The van der Waals surface area contributed by atoms with Crippen LogP contribution in [0.25, 0.3) is 0 Å². The summed E-state index contributed by atoms with van der Waals surface area (Å²) in [6.07, 6.45) is -1.39. The highest BCUT2D eigenvalue weighted by molar-refractivity contribution is 7.87. The maximum atomic E-state index is 12.3. The van der Waals surface area contributed by atoms with Crippen molar-refractivity contribution in [3.63, 3.8) is 0 Å². The molecule has 0 saturated carbocycles. The molecule has 0 aromatic heterocycles. The zero-order valence-corrected chi connectivity index (χ0v) is 14.7. The molecule has 22 heavy (non-hydrogen) atoms. The monoisotopic (exact) mass is 369 g/mol. The van der Waals surface area contributed by atoms with Gasteiger partial charge in [-0.05, 0) is 27.2 Å². The van der Waals surface area contributed by atoms with Gasteiger partial charge in [0.25, 0.3) is 0 Å². The van der Waals surface area contributed by atoms with Crippen molar-refractivity contribution in [1.82, 2.24) is 0 Å². The summed E-state index contributed by atoms with van der Waals surface area (Å²) in [7, 11) is -9.39. The van der Waals surface area contributed by atoms with Crippen LogP contribution in [0.15, 0.2) is 0 Å². The fraction of sp³-hybridized carbons (Fsp3) is 1.00. The summed E-state index contributed by atoms with van der Waals surface area (Å²) in [4.78, 5) is 0. The van der Waals surface area contributed by atoms with Crippen molar-refractivity contribution in [3.05, 3.63) is 0 Å². The van der Waals surface area contributed by atoms with Crippen LogP contribution in [0.3, 0.4) is 0 Å². The van der Waals surface area contributed by atoms with Gasteiger partial charge in [-0.3, -0.25) is 0 Å². The molecule has 12 heteroatoms. The lowest BCUT2D eigenvalue weighted by molar-refractivity contribution is -0.0861. The second-order valence-electron chi connectivity index (χ2n) is 4.17. The smallest absolute Gasteiger partial charge is 0.373 e. The fourth-order valence-electron chi connectivity index (χ4n) is 1.55. The summed E-state index contributed by atoms with van der Waals surface area (Å²) >= 11 is 0. The number of hydrogen-bond donors (Lipinski definition) is 1. The Labute approximate surface area is 129 Å². The second-order valence-corrected chi connectivity index (χ2v) is 8.49. The molecule has 2 atom stereocenters. The predicted molar refractivity (Wildman–Crippen MR) is 73.9 cm³/mol. The van der Waals surface area contributed by atoms with Crippen LogP contribution in [0.5, 0.6) is 0 Å². The van der Waals surface area contributed by atoms with Gasteiger partial charge in [-0.25, -0.2) is 4.18 Å². The van der Waals surface area contributed by atoms with E-state index in [1.165, 1.54) is 0 Å². The molecule has 0 aliphatic carbocycles. The Kier molecular flexibility index (Phi) is 8.47. The summed E-state index contributed by atoms with van der Waals surface area (Å²) in [5, 5.41) is 0. The van der Waals surface area contributed by atoms with E-state index in [1.807, 2.05) is 0 Å². The molecule has 134 valence electrons. The second kappa shape index (κ2) is 8.56. The topological polar surface area (TPSA) is 97.1 Å². The molecule has 0 bridgehead atoms. The molecule has 0 saturated heterocycles. The first-order chi connectivity index (χ1) is 9.95. The third kappa shape index (κ3) is 5.75. The summed E-state index contributed by atoms with van der Waals surface area (Å²) in [6, 6.07) is 0. The molecule has 2 N–H and O–H groups in total. The SMILES string of the molecule is CCO[Si](OCC)(OC(C)OS(=O)(=O)C(F)(F)F)C(N)CC. The van der Waals surface area contributed by atoms with Crippen molar-refractivity contribution in [2.75, 3.05) is 13.2 Å². The zero-order chi connectivity index (χ0) is 17.6. The number of halogens is 3. The van der Waals surface area contributed by atoms with Crippen LogP contribution in [0, 0.1) is 0 Å². The van der Waals surface area contributed by atoms with E-state index in [9.17, 15) is 21.6 Å². The van der Waals surface area contributed by atoms with E-state index >= 15 is 0 Å². The minimum absolute atomic E-state index is 0.138. The van der Waals surface area contributed by atoms with E-state index in [4.69, 9.17) is 19.0 Å². The highest BCUT2D eigenvalue weighted by atomic mass is 32.2. The van der Waals surface area contributed by atoms with Gasteiger partial charge in [-0.1, -0.05) is 6.92 Å². The van der Waals surface area contributed by atoms with Crippen LogP contribution in [0.2, 0.25) is 0 Å². The number of rotatable bonds is 10. The molecule has 0 aliphatic heterocycles. The van der Waals surface area contributed by atoms with Gasteiger partial charge in [0.1, 0.15) is 0 Å². The first-order valence-corrected chi connectivity index (χ1v) is 9.87. The maximum Gasteiger partial charge on any atom is 0.523 e. The van der Waals surface area contributed by atoms with Crippen molar-refractivity contribution in [3.8, 4) is 0 Å². The first kappa shape index (κ1) is 21.8. The van der Waals surface area contributed by atoms with E-state index in [0.29, 0.717) is 6.42 Å². The van der Waals surface area contributed by atoms with Crippen LogP contribution in [0.4, 0.5) is 13.2 Å². The van der Waals surface area contributed by atoms with Gasteiger partial charge in [0.2, 0.25) is 0 Å². The average Bonchev–Trinajstić information content (AvgIpc) is 2.35. The van der Waals surface area contributed by atoms with E-state index in [2.05, 4.69) is 4.18 Å². The number of hydrogen-bond acceptors (Lipinski definition) is 7. The van der Waals surface area contributed by atoms with E-state index in [0.717, 1.165) is 6.92 Å². The third-order valence-electron chi connectivity index (χ3n) is 2.46. The quantitative estimate of drug-likeness (QED) is 0.270. The third-order valence-corrected chi connectivity index (χ3v) is 6.91. The Hall–Kier alpha value is -0.243. The van der Waals surface area contributed by atoms with Crippen LogP contribution in [-0.4, -0.2) is 47.9 Å². The van der Waals surface area contributed by atoms with Crippen LogP contribution >= 0.6 is 0 Å². The molecular weight excluding hydrogens is 347 g/mol. The van der Waals surface area contributed by atoms with Gasteiger partial charge in [0.05, 0.1) is 5.67 Å². The number of alkyl halides is 3. The van der Waals surface area contributed by atoms with E-state index in [1.54, 1.807) is 20.8 Å². The first-order valence-electron chi connectivity index (χ1n) is 6.66. The Morgan fingerprint density at radius 3 is 1.91 bits per heavy atom. The normalized spacial score (nSPS) is 16.5. The van der Waals surface area contributed by atoms with Gasteiger partial charge in [-0.15, -0.1) is 0 Å². The molecule has 0 radical (unpaired) electrons. The molecule has 0 aromatic rings. The van der Waals surface area contributed by atoms with Crippen molar-refractivity contribution in [2.45, 2.75) is 51.6 Å². The van der Waals surface area contributed by atoms with Gasteiger partial charge in [0.15, 0.2) is 6.29 Å². The van der Waals surface area contributed by atoms with Crippen molar-refractivity contribution < 1.29 is 39.1 Å². The highest BCUT2D eigenvalue weighted by Crippen LogP contribution is 2.27. The molecule has 0 rings (SSSR count). The average molecular weight is 369 g/mol. The summed E-state index contributed by atoms with van der Waals surface area (Å²) < 4.78 is 78.9. The van der Waals surface area contributed by atoms with Crippen molar-refractivity contribution >= 4 is 18.9 Å². The minimum Gasteiger partial charge on any atom is -0.373 e. The highest BCUT2D eigenvalue weighted by Gasteiger charge is 2.52. The number of nitrogens with two attached hydrogens (primary N) is 1. The van der Waals surface area contributed by atoms with Crippen LogP contribution in [-0.2, 0) is 27.6 Å². The zero-order valence-electron chi connectivity index (χ0n) is 12.8.